The normalized spacial score (nSPS) is 22.0. The van der Waals surface area contributed by atoms with Crippen LogP contribution in [0, 0.1) is 0 Å². The molecule has 1 rings (SSSR count). The summed E-state index contributed by atoms with van der Waals surface area (Å²) in [6, 6.07) is 0. The minimum Gasteiger partial charge on any atom is -0.306 e. The van der Waals surface area contributed by atoms with Crippen molar-refractivity contribution in [3.63, 3.8) is 0 Å². The highest BCUT2D eigenvalue weighted by Crippen LogP contribution is 2.11. The van der Waals surface area contributed by atoms with Gasteiger partial charge in [0.2, 0.25) is 0 Å². The third-order valence-corrected chi connectivity index (χ3v) is 2.21. The van der Waals surface area contributed by atoms with Crippen molar-refractivity contribution in [3.8, 4) is 0 Å². The third-order valence-electron chi connectivity index (χ3n) is 2.21. The molecule has 0 fully saturated rings. The topological polar surface area (TPSA) is 3.24 Å². The highest BCUT2D eigenvalue weighted by atomic mass is 15.1. The zero-order chi connectivity index (χ0) is 7.40. The molecule has 0 bridgehead atoms. The van der Waals surface area contributed by atoms with Crippen molar-refractivity contribution >= 4 is 0 Å². The van der Waals surface area contributed by atoms with E-state index >= 15 is 0 Å². The van der Waals surface area contributed by atoms with E-state index in [0.717, 1.165) is 0 Å². The molecule has 0 aliphatic carbocycles. The molecule has 0 saturated heterocycles. The van der Waals surface area contributed by atoms with E-state index in [1.54, 1.807) is 5.57 Å². The summed E-state index contributed by atoms with van der Waals surface area (Å²) in [7, 11) is 2.20. The molecule has 10 heavy (non-hydrogen) atoms. The van der Waals surface area contributed by atoms with Crippen molar-refractivity contribution < 1.29 is 0 Å². The van der Waals surface area contributed by atoms with Gasteiger partial charge in [-0.2, -0.15) is 0 Å². The van der Waals surface area contributed by atoms with Crippen LogP contribution in [0.5, 0.6) is 0 Å². The highest BCUT2D eigenvalue weighted by Gasteiger charge is 2.03. The fourth-order valence-electron chi connectivity index (χ4n) is 1.36. The monoisotopic (exact) mass is 139 g/mol. The molecular weight excluding hydrogens is 122 g/mol. The molecule has 0 aromatic heterocycles. The molecule has 0 radical (unpaired) electrons. The molecule has 0 amide bonds. The van der Waals surface area contributed by atoms with Gasteiger partial charge in [0.05, 0.1) is 0 Å². The number of hydrogen-bond acceptors (Lipinski definition) is 1. The van der Waals surface area contributed by atoms with Crippen molar-refractivity contribution in [2.75, 3.05) is 20.1 Å². The zero-order valence-electron chi connectivity index (χ0n) is 7.06. The molecule has 1 aliphatic rings. The third kappa shape index (κ3) is 2.14. The standard InChI is InChI=1S/C9H17N/c1-3-9-5-4-7-10(2)8-6-9/h5H,3-4,6-8H2,1-2H3. The lowest BCUT2D eigenvalue weighted by Crippen LogP contribution is -2.18. The van der Waals surface area contributed by atoms with E-state index in [0.29, 0.717) is 0 Å². The van der Waals surface area contributed by atoms with Crippen LogP contribution < -0.4 is 0 Å². The minimum absolute atomic E-state index is 1.24. The molecule has 0 aromatic carbocycles. The maximum atomic E-state index is 2.41. The Morgan fingerprint density at radius 1 is 1.50 bits per heavy atom. The Kier molecular flexibility index (Phi) is 2.94. The maximum absolute atomic E-state index is 2.41. The van der Waals surface area contributed by atoms with Crippen LogP contribution in [-0.4, -0.2) is 25.0 Å². The van der Waals surface area contributed by atoms with Crippen molar-refractivity contribution in [2.45, 2.75) is 26.2 Å². The first-order valence-electron chi connectivity index (χ1n) is 4.19. The van der Waals surface area contributed by atoms with Crippen molar-refractivity contribution in [1.82, 2.24) is 4.90 Å². The van der Waals surface area contributed by atoms with E-state index < -0.39 is 0 Å². The van der Waals surface area contributed by atoms with Gasteiger partial charge in [0.15, 0.2) is 0 Å². The molecule has 0 N–H and O–H groups in total. The number of nitrogens with zero attached hydrogens (tertiary/aromatic N) is 1. The Morgan fingerprint density at radius 2 is 2.30 bits per heavy atom. The van der Waals surface area contributed by atoms with Gasteiger partial charge >= 0.3 is 0 Å². The highest BCUT2D eigenvalue weighted by molar-refractivity contribution is 5.03. The van der Waals surface area contributed by atoms with Crippen LogP contribution >= 0.6 is 0 Å². The summed E-state index contributed by atoms with van der Waals surface area (Å²) in [5, 5.41) is 0. The molecule has 1 heterocycles. The molecule has 0 unspecified atom stereocenters. The van der Waals surface area contributed by atoms with Gasteiger partial charge < -0.3 is 4.90 Å². The van der Waals surface area contributed by atoms with Gasteiger partial charge in [-0.05, 0) is 26.3 Å². The van der Waals surface area contributed by atoms with E-state index in [9.17, 15) is 0 Å². The van der Waals surface area contributed by atoms with E-state index in [2.05, 4.69) is 24.9 Å². The molecule has 58 valence electrons. The number of hydrogen-bond donors (Lipinski definition) is 0. The molecule has 1 aliphatic heterocycles. The predicted octanol–water partition coefficient (Wildman–Crippen LogP) is 2.05. The van der Waals surface area contributed by atoms with Gasteiger partial charge in [-0.1, -0.05) is 18.6 Å². The molecule has 0 aromatic rings. The van der Waals surface area contributed by atoms with Crippen LogP contribution in [0.25, 0.3) is 0 Å². The van der Waals surface area contributed by atoms with Gasteiger partial charge in [0.1, 0.15) is 0 Å². The summed E-state index contributed by atoms with van der Waals surface area (Å²) in [5.74, 6) is 0. The summed E-state index contributed by atoms with van der Waals surface area (Å²) in [4.78, 5) is 2.40. The molecule has 1 nitrogen and oxygen atoms in total. The smallest absolute Gasteiger partial charge is 0.00156 e. The summed E-state index contributed by atoms with van der Waals surface area (Å²) in [6.07, 6.45) is 6.18. The van der Waals surface area contributed by atoms with Crippen molar-refractivity contribution in [3.05, 3.63) is 11.6 Å². The second kappa shape index (κ2) is 3.77. The molecule has 0 saturated carbocycles. The SMILES string of the molecule is CCC1=CCCN(C)CC1. The van der Waals surface area contributed by atoms with Crippen LogP contribution in [0.2, 0.25) is 0 Å². The molecule has 0 atom stereocenters. The van der Waals surface area contributed by atoms with Crippen molar-refractivity contribution in [1.29, 1.82) is 0 Å². The quantitative estimate of drug-likeness (QED) is 0.502. The van der Waals surface area contributed by atoms with E-state index in [1.165, 1.54) is 32.4 Å². The van der Waals surface area contributed by atoms with Crippen LogP contribution in [0.3, 0.4) is 0 Å². The Balaban J connectivity index is 2.40. The lowest BCUT2D eigenvalue weighted by atomic mass is 10.1. The van der Waals surface area contributed by atoms with Crippen LogP contribution in [0.1, 0.15) is 26.2 Å². The summed E-state index contributed by atoms with van der Waals surface area (Å²) in [6.45, 7) is 4.74. The van der Waals surface area contributed by atoms with Crippen molar-refractivity contribution in [2.24, 2.45) is 0 Å². The van der Waals surface area contributed by atoms with E-state index in [-0.39, 0.29) is 0 Å². The zero-order valence-corrected chi connectivity index (χ0v) is 7.06. The number of rotatable bonds is 1. The predicted molar refractivity (Wildman–Crippen MR) is 45.1 cm³/mol. The fourth-order valence-corrected chi connectivity index (χ4v) is 1.36. The molecule has 0 spiro atoms. The first kappa shape index (κ1) is 7.80. The van der Waals surface area contributed by atoms with Gasteiger partial charge in [0, 0.05) is 13.1 Å². The first-order chi connectivity index (χ1) is 4.83. The average molecular weight is 139 g/mol. The van der Waals surface area contributed by atoms with E-state index in [1.807, 2.05) is 0 Å². The molecular formula is C9H17N. The average Bonchev–Trinajstić information content (AvgIpc) is 2.14. The second-order valence-corrected chi connectivity index (χ2v) is 3.06. The van der Waals surface area contributed by atoms with E-state index in [4.69, 9.17) is 0 Å². The van der Waals surface area contributed by atoms with Gasteiger partial charge in [0.25, 0.3) is 0 Å². The van der Waals surface area contributed by atoms with Gasteiger partial charge in [-0.25, -0.2) is 0 Å². The maximum Gasteiger partial charge on any atom is 0.00156 e. The second-order valence-electron chi connectivity index (χ2n) is 3.06. The summed E-state index contributed by atoms with van der Waals surface area (Å²) >= 11 is 0. The summed E-state index contributed by atoms with van der Waals surface area (Å²) in [5.41, 5.74) is 1.64. The minimum atomic E-state index is 1.24. The van der Waals surface area contributed by atoms with Gasteiger partial charge in [-0.15, -0.1) is 0 Å². The van der Waals surface area contributed by atoms with Gasteiger partial charge in [-0.3, -0.25) is 0 Å². The summed E-state index contributed by atoms with van der Waals surface area (Å²) < 4.78 is 0. The Labute approximate surface area is 63.7 Å². The van der Waals surface area contributed by atoms with Crippen LogP contribution in [0.4, 0.5) is 0 Å². The molecule has 1 heteroatoms. The first-order valence-corrected chi connectivity index (χ1v) is 4.19. The largest absolute Gasteiger partial charge is 0.306 e. The Morgan fingerprint density at radius 3 is 3.00 bits per heavy atom. The van der Waals surface area contributed by atoms with Crippen LogP contribution in [-0.2, 0) is 0 Å². The lowest BCUT2D eigenvalue weighted by molar-refractivity contribution is 0.352. The fraction of sp³-hybridized carbons (Fsp3) is 0.778. The van der Waals surface area contributed by atoms with Crippen LogP contribution in [0.15, 0.2) is 11.6 Å². The Bertz CT molecular complexity index is 127. The lowest BCUT2D eigenvalue weighted by Gasteiger charge is -2.11. The Hall–Kier alpha value is -0.300.